The van der Waals surface area contributed by atoms with E-state index in [0.29, 0.717) is 0 Å². The average Bonchev–Trinajstić information content (AvgIpc) is 2.66. The third-order valence-corrected chi connectivity index (χ3v) is 2.78. The number of nitrogens with zero attached hydrogens (tertiary/aromatic N) is 3. The Morgan fingerprint density at radius 1 is 1.62 bits per heavy atom. The maximum absolute atomic E-state index is 10.9. The van der Waals surface area contributed by atoms with Gasteiger partial charge in [0.2, 0.25) is 0 Å². The average molecular weight is 249 g/mol. The fraction of sp³-hybridized carbons (Fsp3) is 0.500. The third-order valence-electron chi connectivity index (χ3n) is 1.66. The van der Waals surface area contributed by atoms with Crippen LogP contribution in [0.2, 0.25) is 0 Å². The van der Waals surface area contributed by atoms with Crippen molar-refractivity contribution < 1.29 is 18.3 Å². The smallest absolute Gasteiger partial charge is 0.358 e. The van der Waals surface area contributed by atoms with Crippen molar-refractivity contribution >= 4 is 16.2 Å². The molecule has 9 nitrogen and oxygen atoms in total. The van der Waals surface area contributed by atoms with Crippen molar-refractivity contribution in [1.29, 1.82) is 0 Å². The predicted octanol–water partition coefficient (Wildman–Crippen LogP) is -1.97. The Labute approximate surface area is 91.6 Å². The van der Waals surface area contributed by atoms with E-state index in [4.69, 9.17) is 5.11 Å². The van der Waals surface area contributed by atoms with Gasteiger partial charge in [-0.3, -0.25) is 4.68 Å². The van der Waals surface area contributed by atoms with Crippen LogP contribution in [0.5, 0.6) is 0 Å². The van der Waals surface area contributed by atoms with Crippen LogP contribution in [0, 0.1) is 0 Å². The van der Waals surface area contributed by atoms with E-state index < -0.39 is 16.2 Å². The molecule has 1 aromatic rings. The molecule has 0 saturated carbocycles. The van der Waals surface area contributed by atoms with Crippen LogP contribution < -0.4 is 9.44 Å². The molecule has 3 N–H and O–H groups in total. The van der Waals surface area contributed by atoms with Crippen molar-refractivity contribution in [3.63, 3.8) is 0 Å². The highest BCUT2D eigenvalue weighted by molar-refractivity contribution is 7.87. The summed E-state index contributed by atoms with van der Waals surface area (Å²) in [6.07, 6.45) is 1.22. The van der Waals surface area contributed by atoms with Crippen molar-refractivity contribution in [3.8, 4) is 0 Å². The van der Waals surface area contributed by atoms with Crippen LogP contribution in [0.25, 0.3) is 0 Å². The standard InChI is InChI=1S/C6H11N5O4S/c1-7-16(14,15)8-2-3-11-4-5(6(12)13)9-10-11/h4,7-8H,2-3H2,1H3,(H,12,13). The first-order chi connectivity index (χ1) is 7.44. The first-order valence-corrected chi connectivity index (χ1v) is 5.74. The number of hydrogen-bond donors (Lipinski definition) is 3. The molecule has 0 aliphatic rings. The molecule has 0 fully saturated rings. The van der Waals surface area contributed by atoms with Crippen molar-refractivity contribution in [2.45, 2.75) is 6.54 Å². The minimum absolute atomic E-state index is 0.0889. The first kappa shape index (κ1) is 12.5. The van der Waals surface area contributed by atoms with Gasteiger partial charge in [-0.2, -0.15) is 8.42 Å². The summed E-state index contributed by atoms with van der Waals surface area (Å²) in [6, 6.07) is 0. The number of carboxylic acids is 1. The summed E-state index contributed by atoms with van der Waals surface area (Å²) in [5.74, 6) is -1.18. The summed E-state index contributed by atoms with van der Waals surface area (Å²) in [5.41, 5.74) is -0.184. The number of rotatable bonds is 6. The fourth-order valence-electron chi connectivity index (χ4n) is 0.872. The van der Waals surface area contributed by atoms with Crippen molar-refractivity contribution in [2.75, 3.05) is 13.6 Å². The van der Waals surface area contributed by atoms with Gasteiger partial charge in [-0.15, -0.1) is 5.10 Å². The lowest BCUT2D eigenvalue weighted by atomic mass is 10.5. The highest BCUT2D eigenvalue weighted by atomic mass is 32.2. The van der Waals surface area contributed by atoms with E-state index in [2.05, 4.69) is 19.8 Å². The van der Waals surface area contributed by atoms with Gasteiger partial charge in [0.1, 0.15) is 0 Å². The maximum Gasteiger partial charge on any atom is 0.358 e. The van der Waals surface area contributed by atoms with Gasteiger partial charge in [0.05, 0.1) is 12.7 Å². The number of nitrogens with one attached hydrogen (secondary N) is 2. The minimum atomic E-state index is -3.48. The molecule has 0 radical (unpaired) electrons. The Bertz CT molecular complexity index is 467. The predicted molar refractivity (Wildman–Crippen MR) is 53.0 cm³/mol. The largest absolute Gasteiger partial charge is 0.476 e. The Morgan fingerprint density at radius 2 is 2.31 bits per heavy atom. The van der Waals surface area contributed by atoms with Crippen molar-refractivity contribution in [1.82, 2.24) is 24.4 Å². The zero-order valence-electron chi connectivity index (χ0n) is 8.41. The van der Waals surface area contributed by atoms with Gasteiger partial charge in [-0.05, 0) is 0 Å². The normalized spacial score (nSPS) is 11.6. The summed E-state index contributed by atoms with van der Waals surface area (Å²) in [6.45, 7) is 0.285. The Kier molecular flexibility index (Phi) is 3.93. The van der Waals surface area contributed by atoms with Gasteiger partial charge in [0.25, 0.3) is 10.2 Å². The lowest BCUT2D eigenvalue weighted by Gasteiger charge is -2.03. The number of carbonyl (C=O) groups is 1. The van der Waals surface area contributed by atoms with Crippen LogP contribution in [-0.2, 0) is 16.8 Å². The molecular formula is C6H11N5O4S. The zero-order chi connectivity index (χ0) is 12.2. The molecule has 0 aromatic carbocycles. The second-order valence-corrected chi connectivity index (χ2v) is 4.48. The molecule has 0 amide bonds. The number of hydrogen-bond acceptors (Lipinski definition) is 5. The summed E-state index contributed by atoms with van der Waals surface area (Å²) >= 11 is 0. The lowest BCUT2D eigenvalue weighted by molar-refractivity contribution is 0.0690. The Hall–Kier alpha value is -1.52. The van der Waals surface area contributed by atoms with E-state index >= 15 is 0 Å². The zero-order valence-corrected chi connectivity index (χ0v) is 9.23. The number of aromatic nitrogens is 3. The van der Waals surface area contributed by atoms with Gasteiger partial charge in [0, 0.05) is 13.6 Å². The topological polar surface area (TPSA) is 126 Å². The van der Waals surface area contributed by atoms with Crippen molar-refractivity contribution in [2.24, 2.45) is 0 Å². The molecule has 10 heteroatoms. The van der Waals surface area contributed by atoms with Crippen LogP contribution in [0.1, 0.15) is 10.5 Å². The van der Waals surface area contributed by atoms with E-state index in [9.17, 15) is 13.2 Å². The first-order valence-electron chi connectivity index (χ1n) is 4.26. The molecule has 0 spiro atoms. The molecule has 1 rings (SSSR count). The number of carboxylic acid groups (broad SMARTS) is 1. The molecule has 0 bridgehead atoms. The lowest BCUT2D eigenvalue weighted by Crippen LogP contribution is -2.35. The molecule has 90 valence electrons. The second-order valence-electron chi connectivity index (χ2n) is 2.77. The van der Waals surface area contributed by atoms with Gasteiger partial charge < -0.3 is 5.11 Å². The molecule has 0 saturated heterocycles. The highest BCUT2D eigenvalue weighted by Gasteiger charge is 2.09. The van der Waals surface area contributed by atoms with Crippen molar-refractivity contribution in [3.05, 3.63) is 11.9 Å². The summed E-state index contributed by atoms with van der Waals surface area (Å²) < 4.78 is 27.4. The van der Waals surface area contributed by atoms with Crippen LogP contribution in [0.3, 0.4) is 0 Å². The van der Waals surface area contributed by atoms with Gasteiger partial charge in [-0.25, -0.2) is 14.2 Å². The molecule has 0 unspecified atom stereocenters. The van der Waals surface area contributed by atoms with Crippen LogP contribution >= 0.6 is 0 Å². The number of aromatic carboxylic acids is 1. The molecule has 1 heterocycles. The van der Waals surface area contributed by atoms with E-state index in [1.54, 1.807) is 0 Å². The van der Waals surface area contributed by atoms with E-state index in [0.717, 1.165) is 0 Å². The van der Waals surface area contributed by atoms with Crippen LogP contribution in [0.4, 0.5) is 0 Å². The van der Waals surface area contributed by atoms with Gasteiger partial charge in [-0.1, -0.05) is 5.21 Å². The molecule has 1 aromatic heterocycles. The summed E-state index contributed by atoms with van der Waals surface area (Å²) in [4.78, 5) is 10.5. The third kappa shape index (κ3) is 3.56. The van der Waals surface area contributed by atoms with Crippen LogP contribution in [0.15, 0.2) is 6.20 Å². The van der Waals surface area contributed by atoms with E-state index in [1.807, 2.05) is 0 Å². The monoisotopic (exact) mass is 249 g/mol. The molecule has 16 heavy (non-hydrogen) atoms. The van der Waals surface area contributed by atoms with Crippen LogP contribution in [-0.4, -0.2) is 48.1 Å². The summed E-state index contributed by atoms with van der Waals surface area (Å²) in [5, 5.41) is 15.4. The molecule has 0 aliphatic carbocycles. The fourth-order valence-corrected chi connectivity index (χ4v) is 1.38. The molecule has 0 aliphatic heterocycles. The molecule has 0 atom stereocenters. The molecular weight excluding hydrogens is 238 g/mol. The SMILES string of the molecule is CNS(=O)(=O)NCCn1cc(C(=O)O)nn1. The van der Waals surface area contributed by atoms with E-state index in [1.165, 1.54) is 17.9 Å². The van der Waals surface area contributed by atoms with Gasteiger partial charge in [0.15, 0.2) is 5.69 Å². The van der Waals surface area contributed by atoms with Gasteiger partial charge >= 0.3 is 5.97 Å². The quantitative estimate of drug-likeness (QED) is 0.537. The maximum atomic E-state index is 10.9. The highest BCUT2D eigenvalue weighted by Crippen LogP contribution is 1.91. The Balaban J connectivity index is 2.46. The van der Waals surface area contributed by atoms with E-state index in [-0.39, 0.29) is 18.8 Å². The summed E-state index contributed by atoms with van der Waals surface area (Å²) in [7, 11) is -2.20. The second kappa shape index (κ2) is 5.01. The Morgan fingerprint density at radius 3 is 2.81 bits per heavy atom. The minimum Gasteiger partial charge on any atom is -0.476 e.